The minimum absolute atomic E-state index is 0.0167. The van der Waals surface area contributed by atoms with Crippen molar-refractivity contribution in [2.24, 2.45) is 0 Å². The maximum absolute atomic E-state index is 10.6. The molecule has 6 heteroatoms. The molecule has 0 aliphatic heterocycles. The van der Waals surface area contributed by atoms with Crippen molar-refractivity contribution < 1.29 is 4.92 Å². The topological polar surface area (TPSA) is 94.1 Å². The Balaban J connectivity index is 2.28. The van der Waals surface area contributed by atoms with Crippen molar-refractivity contribution in [1.29, 1.82) is 0 Å². The van der Waals surface area contributed by atoms with E-state index in [4.69, 9.17) is 5.73 Å². The quantitative estimate of drug-likeness (QED) is 0.479. The first-order valence-corrected chi connectivity index (χ1v) is 4.89. The maximum Gasteiger partial charge on any atom is 0.274 e. The normalized spacial score (nSPS) is 9.88. The van der Waals surface area contributed by atoms with Gasteiger partial charge in [-0.15, -0.1) is 0 Å². The van der Waals surface area contributed by atoms with Crippen molar-refractivity contribution in [3.8, 4) is 0 Å². The fourth-order valence-electron chi connectivity index (χ4n) is 1.35. The summed E-state index contributed by atoms with van der Waals surface area (Å²) in [6.07, 6.45) is 1.37. The summed E-state index contributed by atoms with van der Waals surface area (Å²) in [6, 6.07) is 9.82. The van der Waals surface area contributed by atoms with Gasteiger partial charge in [0.25, 0.3) is 5.69 Å². The van der Waals surface area contributed by atoms with Gasteiger partial charge in [0, 0.05) is 12.3 Å². The van der Waals surface area contributed by atoms with Gasteiger partial charge in [-0.25, -0.2) is 4.98 Å². The lowest BCUT2D eigenvalue weighted by Crippen LogP contribution is -1.98. The van der Waals surface area contributed by atoms with Gasteiger partial charge in [-0.05, 0) is 12.1 Å². The van der Waals surface area contributed by atoms with Crippen molar-refractivity contribution in [2.45, 2.75) is 0 Å². The van der Waals surface area contributed by atoms with Crippen molar-refractivity contribution >= 4 is 22.9 Å². The van der Waals surface area contributed by atoms with Crippen LogP contribution in [0.3, 0.4) is 0 Å². The predicted octanol–water partition coefficient (Wildman–Crippen LogP) is 2.32. The Morgan fingerprint density at radius 2 is 2.06 bits per heavy atom. The average molecular weight is 230 g/mol. The highest BCUT2D eigenvalue weighted by Crippen LogP contribution is 2.23. The van der Waals surface area contributed by atoms with Crippen LogP contribution in [0.5, 0.6) is 0 Å². The maximum atomic E-state index is 10.6. The molecule has 2 rings (SSSR count). The molecule has 0 saturated carbocycles. The lowest BCUT2D eigenvalue weighted by molar-refractivity contribution is -0.384. The number of hydrogen-bond acceptors (Lipinski definition) is 5. The SMILES string of the molecule is Nc1ccccc1Nc1cc([N+](=O)[O-])ccn1. The van der Waals surface area contributed by atoms with Gasteiger partial charge in [-0.1, -0.05) is 12.1 Å². The van der Waals surface area contributed by atoms with E-state index in [0.717, 1.165) is 0 Å². The number of pyridine rings is 1. The van der Waals surface area contributed by atoms with Gasteiger partial charge < -0.3 is 11.1 Å². The molecule has 3 N–H and O–H groups in total. The number of aromatic nitrogens is 1. The summed E-state index contributed by atoms with van der Waals surface area (Å²) < 4.78 is 0. The number of nitrogens with two attached hydrogens (primary N) is 1. The first kappa shape index (κ1) is 10.9. The molecule has 0 atom stereocenters. The molecule has 0 amide bonds. The second-order valence-corrected chi connectivity index (χ2v) is 3.37. The van der Waals surface area contributed by atoms with E-state index in [1.807, 2.05) is 6.07 Å². The molecule has 1 aromatic heterocycles. The largest absolute Gasteiger partial charge is 0.397 e. The lowest BCUT2D eigenvalue weighted by atomic mass is 10.2. The molecule has 2 aromatic rings. The van der Waals surface area contributed by atoms with Crippen LogP contribution in [0.1, 0.15) is 0 Å². The number of benzene rings is 1. The molecule has 17 heavy (non-hydrogen) atoms. The summed E-state index contributed by atoms with van der Waals surface area (Å²) in [5, 5.41) is 13.5. The summed E-state index contributed by atoms with van der Waals surface area (Å²) in [6.45, 7) is 0. The van der Waals surface area contributed by atoms with Crippen molar-refractivity contribution in [1.82, 2.24) is 4.98 Å². The second kappa shape index (κ2) is 4.48. The standard InChI is InChI=1S/C11H10N4O2/c12-9-3-1-2-4-10(9)14-11-7-8(15(16)17)5-6-13-11/h1-7H,12H2,(H,13,14). The van der Waals surface area contributed by atoms with Gasteiger partial charge in [0.1, 0.15) is 5.82 Å². The Morgan fingerprint density at radius 3 is 2.76 bits per heavy atom. The van der Waals surface area contributed by atoms with Crippen LogP contribution >= 0.6 is 0 Å². The molecule has 0 radical (unpaired) electrons. The monoisotopic (exact) mass is 230 g/mol. The Morgan fingerprint density at radius 1 is 1.29 bits per heavy atom. The molecule has 0 unspecified atom stereocenters. The highest BCUT2D eigenvalue weighted by molar-refractivity contribution is 5.71. The Bertz CT molecular complexity index is 557. The predicted molar refractivity (Wildman–Crippen MR) is 65.0 cm³/mol. The highest BCUT2D eigenvalue weighted by atomic mass is 16.6. The number of hydrogen-bond donors (Lipinski definition) is 2. The first-order chi connectivity index (χ1) is 8.16. The molecular formula is C11H10N4O2. The number of nitrogen functional groups attached to an aromatic ring is 1. The Labute approximate surface area is 97.3 Å². The van der Waals surface area contributed by atoms with E-state index >= 15 is 0 Å². The van der Waals surface area contributed by atoms with Crippen molar-refractivity contribution in [2.75, 3.05) is 11.1 Å². The molecule has 0 spiro atoms. The molecule has 1 heterocycles. The summed E-state index contributed by atoms with van der Waals surface area (Å²) in [7, 11) is 0. The number of nitrogens with zero attached hydrogens (tertiary/aromatic N) is 2. The molecule has 86 valence electrons. The number of nitrogens with one attached hydrogen (secondary N) is 1. The minimum Gasteiger partial charge on any atom is -0.397 e. The van der Waals surface area contributed by atoms with Crippen LogP contribution in [0.4, 0.5) is 22.9 Å². The molecule has 0 aliphatic rings. The van der Waals surface area contributed by atoms with Gasteiger partial charge in [0.05, 0.1) is 22.4 Å². The van der Waals surface area contributed by atoms with Gasteiger partial charge in [-0.3, -0.25) is 10.1 Å². The third kappa shape index (κ3) is 2.49. The van der Waals surface area contributed by atoms with Gasteiger partial charge in [0.15, 0.2) is 0 Å². The zero-order chi connectivity index (χ0) is 12.3. The van der Waals surface area contributed by atoms with Crippen LogP contribution in [0.15, 0.2) is 42.6 Å². The van der Waals surface area contributed by atoms with Crippen LogP contribution in [0.2, 0.25) is 0 Å². The molecule has 0 saturated heterocycles. The number of nitro groups is 1. The zero-order valence-corrected chi connectivity index (χ0v) is 8.83. The lowest BCUT2D eigenvalue weighted by Gasteiger charge is -2.07. The Hall–Kier alpha value is -2.63. The van der Waals surface area contributed by atoms with Gasteiger partial charge in [-0.2, -0.15) is 0 Å². The van der Waals surface area contributed by atoms with E-state index in [1.165, 1.54) is 18.3 Å². The Kier molecular flexibility index (Phi) is 2.87. The molecular weight excluding hydrogens is 220 g/mol. The third-order valence-electron chi connectivity index (χ3n) is 2.18. The number of rotatable bonds is 3. The smallest absolute Gasteiger partial charge is 0.274 e. The van der Waals surface area contributed by atoms with E-state index in [1.54, 1.807) is 18.2 Å². The minimum atomic E-state index is -0.471. The van der Waals surface area contributed by atoms with Crippen LogP contribution in [0, 0.1) is 10.1 Å². The average Bonchev–Trinajstić information content (AvgIpc) is 2.32. The number of para-hydroxylation sites is 2. The van der Waals surface area contributed by atoms with Crippen LogP contribution in [-0.4, -0.2) is 9.91 Å². The second-order valence-electron chi connectivity index (χ2n) is 3.37. The van der Waals surface area contributed by atoms with Crippen LogP contribution in [-0.2, 0) is 0 Å². The van der Waals surface area contributed by atoms with E-state index in [9.17, 15) is 10.1 Å². The molecule has 6 nitrogen and oxygen atoms in total. The van der Waals surface area contributed by atoms with E-state index in [2.05, 4.69) is 10.3 Å². The third-order valence-corrected chi connectivity index (χ3v) is 2.18. The van der Waals surface area contributed by atoms with Crippen molar-refractivity contribution in [3.05, 3.63) is 52.7 Å². The first-order valence-electron chi connectivity index (χ1n) is 4.89. The fourth-order valence-corrected chi connectivity index (χ4v) is 1.35. The summed E-state index contributed by atoms with van der Waals surface area (Å²) in [5.74, 6) is 0.386. The fraction of sp³-hybridized carbons (Fsp3) is 0. The summed E-state index contributed by atoms with van der Waals surface area (Å²) in [5.41, 5.74) is 6.95. The van der Waals surface area contributed by atoms with Crippen LogP contribution < -0.4 is 11.1 Å². The highest BCUT2D eigenvalue weighted by Gasteiger charge is 2.07. The van der Waals surface area contributed by atoms with Crippen molar-refractivity contribution in [3.63, 3.8) is 0 Å². The van der Waals surface area contributed by atoms with Gasteiger partial charge in [0.2, 0.25) is 0 Å². The number of anilines is 3. The molecule has 0 fully saturated rings. The molecule has 1 aromatic carbocycles. The van der Waals surface area contributed by atoms with E-state index < -0.39 is 4.92 Å². The molecule has 0 aliphatic carbocycles. The van der Waals surface area contributed by atoms with E-state index in [0.29, 0.717) is 17.2 Å². The van der Waals surface area contributed by atoms with Gasteiger partial charge >= 0.3 is 0 Å². The zero-order valence-electron chi connectivity index (χ0n) is 8.83. The van der Waals surface area contributed by atoms with Crippen LogP contribution in [0.25, 0.3) is 0 Å². The van der Waals surface area contributed by atoms with E-state index in [-0.39, 0.29) is 5.69 Å². The summed E-state index contributed by atoms with van der Waals surface area (Å²) >= 11 is 0. The summed E-state index contributed by atoms with van der Waals surface area (Å²) in [4.78, 5) is 14.1. The molecule has 0 bridgehead atoms.